The number of carbonyl (C=O) groups is 3. The molecule has 8 heteroatoms. The van der Waals surface area contributed by atoms with E-state index in [1.54, 1.807) is 19.2 Å². The number of amides is 2. The molecule has 1 aromatic heterocycles. The van der Waals surface area contributed by atoms with E-state index in [-0.39, 0.29) is 24.2 Å². The third-order valence-electron chi connectivity index (χ3n) is 2.23. The van der Waals surface area contributed by atoms with Gasteiger partial charge in [0.2, 0.25) is 11.8 Å². The molecule has 1 heterocycles. The van der Waals surface area contributed by atoms with Gasteiger partial charge in [-0.3, -0.25) is 14.4 Å². The van der Waals surface area contributed by atoms with Crippen molar-refractivity contribution < 1.29 is 19.1 Å². The van der Waals surface area contributed by atoms with Gasteiger partial charge < -0.3 is 15.4 Å². The summed E-state index contributed by atoms with van der Waals surface area (Å²) in [5.74, 6) is -1.01. The summed E-state index contributed by atoms with van der Waals surface area (Å²) < 4.78 is 4.81. The number of aromatic nitrogens is 1. The number of ether oxygens (including phenoxy) is 1. The number of carbonyl (C=O) groups excluding carboxylic acids is 3. The largest absolute Gasteiger partial charge is 0.466 e. The highest BCUT2D eigenvalue weighted by molar-refractivity contribution is 7.13. The molecule has 1 aromatic rings. The first-order chi connectivity index (χ1) is 9.42. The monoisotopic (exact) mass is 299 g/mol. The van der Waals surface area contributed by atoms with Crippen molar-refractivity contribution in [1.29, 1.82) is 0 Å². The minimum Gasteiger partial charge on any atom is -0.466 e. The van der Waals surface area contributed by atoms with E-state index in [2.05, 4.69) is 15.6 Å². The molecule has 1 unspecified atom stereocenters. The third-order valence-corrected chi connectivity index (χ3v) is 3.03. The van der Waals surface area contributed by atoms with E-state index < -0.39 is 6.04 Å². The van der Waals surface area contributed by atoms with Crippen LogP contribution in [0.15, 0.2) is 5.38 Å². The Morgan fingerprint density at radius 2 is 2.15 bits per heavy atom. The van der Waals surface area contributed by atoms with E-state index in [0.717, 1.165) is 0 Å². The lowest BCUT2D eigenvalue weighted by atomic mass is 10.3. The second-order valence-corrected chi connectivity index (χ2v) is 4.90. The molecule has 0 fully saturated rings. The van der Waals surface area contributed by atoms with Crippen LogP contribution in [0.1, 0.15) is 26.5 Å². The summed E-state index contributed by atoms with van der Waals surface area (Å²) >= 11 is 1.21. The average molecular weight is 299 g/mol. The molecule has 0 aliphatic carbocycles. The van der Waals surface area contributed by atoms with E-state index in [9.17, 15) is 14.4 Å². The lowest BCUT2D eigenvalue weighted by molar-refractivity contribution is -0.142. The van der Waals surface area contributed by atoms with Gasteiger partial charge in [-0.25, -0.2) is 4.98 Å². The standard InChI is InChI=1S/C12H17N3O4S/c1-4-19-10(17)5-9-6-20-12(14-9)15-11(18)7(2)13-8(3)16/h6-7H,4-5H2,1-3H3,(H,13,16)(H,14,15,18). The van der Waals surface area contributed by atoms with Crippen LogP contribution in [0.2, 0.25) is 0 Å². The molecule has 0 aliphatic rings. The van der Waals surface area contributed by atoms with Crippen LogP contribution >= 0.6 is 11.3 Å². The Labute approximate surface area is 120 Å². The van der Waals surface area contributed by atoms with Gasteiger partial charge in [0.25, 0.3) is 0 Å². The number of hydrogen-bond donors (Lipinski definition) is 2. The predicted octanol–water partition coefficient (Wildman–Crippen LogP) is 0.712. The van der Waals surface area contributed by atoms with Crippen LogP contribution in [-0.2, 0) is 25.5 Å². The molecular formula is C12H17N3O4S. The van der Waals surface area contributed by atoms with Crippen molar-refractivity contribution in [2.75, 3.05) is 11.9 Å². The minimum absolute atomic E-state index is 0.0709. The maximum atomic E-state index is 11.7. The lowest BCUT2D eigenvalue weighted by Crippen LogP contribution is -2.40. The molecule has 0 saturated heterocycles. The molecule has 1 rings (SSSR count). The molecule has 110 valence electrons. The van der Waals surface area contributed by atoms with Crippen LogP contribution in [0, 0.1) is 0 Å². The normalized spacial score (nSPS) is 11.6. The van der Waals surface area contributed by atoms with Gasteiger partial charge in [0.05, 0.1) is 18.7 Å². The zero-order valence-electron chi connectivity index (χ0n) is 11.6. The Bertz CT molecular complexity index is 501. The third kappa shape index (κ3) is 5.35. The Kier molecular flexibility index (Phi) is 6.10. The lowest BCUT2D eigenvalue weighted by Gasteiger charge is -2.10. The van der Waals surface area contributed by atoms with Crippen LogP contribution in [0.5, 0.6) is 0 Å². The molecule has 20 heavy (non-hydrogen) atoms. The molecule has 2 N–H and O–H groups in total. The highest BCUT2D eigenvalue weighted by atomic mass is 32.1. The zero-order valence-corrected chi connectivity index (χ0v) is 12.4. The molecule has 0 aromatic carbocycles. The molecule has 0 saturated carbocycles. The summed E-state index contributed by atoms with van der Waals surface area (Å²) in [6.07, 6.45) is 0.0709. The molecule has 7 nitrogen and oxygen atoms in total. The average Bonchev–Trinajstić information content (AvgIpc) is 2.75. The van der Waals surface area contributed by atoms with Gasteiger partial charge in [-0.15, -0.1) is 11.3 Å². The summed E-state index contributed by atoms with van der Waals surface area (Å²) in [6.45, 7) is 4.96. The van der Waals surface area contributed by atoms with Crippen LogP contribution in [0.4, 0.5) is 5.13 Å². The quantitative estimate of drug-likeness (QED) is 0.754. The van der Waals surface area contributed by atoms with Crippen molar-refractivity contribution in [2.45, 2.75) is 33.2 Å². The fourth-order valence-electron chi connectivity index (χ4n) is 1.39. The number of hydrogen-bond acceptors (Lipinski definition) is 6. The topological polar surface area (TPSA) is 97.4 Å². The van der Waals surface area contributed by atoms with Gasteiger partial charge in [0, 0.05) is 12.3 Å². The SMILES string of the molecule is CCOC(=O)Cc1csc(NC(=O)C(C)NC(C)=O)n1. The Balaban J connectivity index is 2.53. The minimum atomic E-state index is -0.648. The summed E-state index contributed by atoms with van der Waals surface area (Å²) in [5.41, 5.74) is 0.538. The van der Waals surface area contributed by atoms with Crippen molar-refractivity contribution in [2.24, 2.45) is 0 Å². The second kappa shape index (κ2) is 7.59. The summed E-state index contributed by atoms with van der Waals surface area (Å²) in [5, 5.41) is 7.10. The van der Waals surface area contributed by atoms with Crippen molar-refractivity contribution in [3.63, 3.8) is 0 Å². The van der Waals surface area contributed by atoms with Gasteiger partial charge >= 0.3 is 5.97 Å². The van der Waals surface area contributed by atoms with Crippen molar-refractivity contribution >= 4 is 34.3 Å². The first-order valence-corrected chi connectivity index (χ1v) is 6.98. The number of anilines is 1. The second-order valence-electron chi connectivity index (χ2n) is 4.04. The first-order valence-electron chi connectivity index (χ1n) is 6.10. The maximum absolute atomic E-state index is 11.7. The first kappa shape index (κ1) is 16.1. The van der Waals surface area contributed by atoms with Gasteiger partial charge in [-0.2, -0.15) is 0 Å². The summed E-state index contributed by atoms with van der Waals surface area (Å²) in [4.78, 5) is 38.0. The van der Waals surface area contributed by atoms with Crippen LogP contribution in [0.3, 0.4) is 0 Å². The van der Waals surface area contributed by atoms with Crippen LogP contribution < -0.4 is 10.6 Å². The molecular weight excluding hydrogens is 282 g/mol. The molecule has 0 bridgehead atoms. The Hall–Kier alpha value is -1.96. The predicted molar refractivity (Wildman–Crippen MR) is 74.4 cm³/mol. The fourth-order valence-corrected chi connectivity index (χ4v) is 2.10. The highest BCUT2D eigenvalue weighted by Crippen LogP contribution is 2.16. The highest BCUT2D eigenvalue weighted by Gasteiger charge is 2.16. The fraction of sp³-hybridized carbons (Fsp3) is 0.500. The Morgan fingerprint density at radius 1 is 1.45 bits per heavy atom. The number of esters is 1. The van der Waals surface area contributed by atoms with Crippen molar-refractivity contribution in [3.05, 3.63) is 11.1 Å². The van der Waals surface area contributed by atoms with Gasteiger partial charge in [0.15, 0.2) is 5.13 Å². The zero-order chi connectivity index (χ0) is 15.1. The van der Waals surface area contributed by atoms with Gasteiger partial charge in [-0.1, -0.05) is 0 Å². The number of nitrogens with one attached hydrogen (secondary N) is 2. The van der Waals surface area contributed by atoms with E-state index in [4.69, 9.17) is 4.74 Å². The van der Waals surface area contributed by atoms with Gasteiger partial charge in [-0.05, 0) is 13.8 Å². The molecule has 1 atom stereocenters. The molecule has 2 amide bonds. The smallest absolute Gasteiger partial charge is 0.311 e. The van der Waals surface area contributed by atoms with E-state index >= 15 is 0 Å². The van der Waals surface area contributed by atoms with E-state index in [0.29, 0.717) is 17.4 Å². The number of nitrogens with zero attached hydrogens (tertiary/aromatic N) is 1. The molecule has 0 radical (unpaired) electrons. The Morgan fingerprint density at radius 3 is 2.75 bits per heavy atom. The van der Waals surface area contributed by atoms with Gasteiger partial charge in [0.1, 0.15) is 6.04 Å². The summed E-state index contributed by atoms with van der Waals surface area (Å²) in [7, 11) is 0. The molecule has 0 spiro atoms. The van der Waals surface area contributed by atoms with Crippen LogP contribution in [0.25, 0.3) is 0 Å². The number of rotatable bonds is 6. The van der Waals surface area contributed by atoms with E-state index in [1.807, 2.05) is 0 Å². The van der Waals surface area contributed by atoms with Crippen molar-refractivity contribution in [1.82, 2.24) is 10.3 Å². The number of thiazole rings is 1. The van der Waals surface area contributed by atoms with E-state index in [1.165, 1.54) is 18.3 Å². The van der Waals surface area contributed by atoms with Crippen molar-refractivity contribution in [3.8, 4) is 0 Å². The summed E-state index contributed by atoms with van der Waals surface area (Å²) in [6, 6.07) is -0.648. The maximum Gasteiger partial charge on any atom is 0.311 e. The molecule has 0 aliphatic heterocycles. The van der Waals surface area contributed by atoms with Crippen LogP contribution in [-0.4, -0.2) is 35.4 Å².